The Hall–Kier alpha value is -3.22. The minimum absolute atomic E-state index is 0.341. The smallest absolute Gasteiger partial charge is 0.172 e. The third kappa shape index (κ3) is 3.16. The van der Waals surface area contributed by atoms with Gasteiger partial charge in [-0.1, -0.05) is 48.0 Å². The quantitative estimate of drug-likeness (QED) is 0.541. The molecule has 29 heavy (non-hydrogen) atoms. The first-order valence-electron chi connectivity index (χ1n) is 9.31. The van der Waals surface area contributed by atoms with E-state index in [-0.39, 0.29) is 6.10 Å². The molecule has 0 amide bonds. The Morgan fingerprint density at radius 1 is 0.966 bits per heavy atom. The van der Waals surface area contributed by atoms with Crippen LogP contribution in [0.15, 0.2) is 60.8 Å². The molecule has 0 atom stereocenters. The predicted molar refractivity (Wildman–Crippen MR) is 116 cm³/mol. The Kier molecular flexibility index (Phi) is 4.30. The molecule has 0 aliphatic carbocycles. The first kappa shape index (κ1) is 17.8. The molecule has 3 heterocycles. The van der Waals surface area contributed by atoms with E-state index < -0.39 is 0 Å². The van der Waals surface area contributed by atoms with Gasteiger partial charge in [0, 0.05) is 35.8 Å². The number of aliphatic hydroxyl groups excluding tert-OH is 1. The molecule has 0 spiro atoms. The van der Waals surface area contributed by atoms with Gasteiger partial charge in [-0.15, -0.1) is 0 Å². The molecule has 7 heteroatoms. The van der Waals surface area contributed by atoms with Gasteiger partial charge in [0.25, 0.3) is 0 Å². The number of nitrogens with zero attached hydrogens (tertiary/aromatic N) is 4. The minimum Gasteiger partial charge on any atom is -0.389 e. The molecule has 1 aliphatic rings. The number of aromatic nitrogens is 3. The van der Waals surface area contributed by atoms with E-state index in [0.29, 0.717) is 41.1 Å². The average Bonchev–Trinajstić information content (AvgIpc) is 2.72. The van der Waals surface area contributed by atoms with E-state index in [1.165, 1.54) is 0 Å². The Bertz CT molecular complexity index is 1210. The maximum absolute atomic E-state index is 9.69. The third-order valence-corrected chi connectivity index (χ3v) is 5.33. The number of anilines is 2. The van der Waals surface area contributed by atoms with Crippen molar-refractivity contribution in [2.45, 2.75) is 6.10 Å². The van der Waals surface area contributed by atoms with Crippen LogP contribution in [0.3, 0.4) is 0 Å². The van der Waals surface area contributed by atoms with Gasteiger partial charge in [0.2, 0.25) is 0 Å². The van der Waals surface area contributed by atoms with Crippen molar-refractivity contribution in [1.82, 2.24) is 15.0 Å². The van der Waals surface area contributed by atoms with Gasteiger partial charge in [0.15, 0.2) is 11.6 Å². The SMILES string of the molecule is Nc1nc(-c2ccccc2)c(-c2cc(Cl)c3ncccc3c2)nc1N1CC(O)C1. The summed E-state index contributed by atoms with van der Waals surface area (Å²) in [7, 11) is 0. The van der Waals surface area contributed by atoms with E-state index in [1.807, 2.05) is 59.5 Å². The van der Waals surface area contributed by atoms with Crippen molar-refractivity contribution in [3.63, 3.8) is 0 Å². The number of halogens is 1. The number of rotatable bonds is 3. The maximum atomic E-state index is 9.69. The lowest BCUT2D eigenvalue weighted by atomic mass is 10.0. The number of hydrogen-bond donors (Lipinski definition) is 2. The zero-order valence-electron chi connectivity index (χ0n) is 15.5. The minimum atomic E-state index is -0.366. The summed E-state index contributed by atoms with van der Waals surface area (Å²) in [6.07, 6.45) is 1.36. The van der Waals surface area contributed by atoms with Crippen LogP contribution in [0, 0.1) is 0 Å². The molecule has 3 N–H and O–H groups in total. The van der Waals surface area contributed by atoms with E-state index in [4.69, 9.17) is 27.3 Å². The van der Waals surface area contributed by atoms with Gasteiger partial charge in [-0.25, -0.2) is 9.97 Å². The summed E-state index contributed by atoms with van der Waals surface area (Å²) in [5, 5.41) is 11.2. The van der Waals surface area contributed by atoms with Crippen molar-refractivity contribution in [2.75, 3.05) is 23.7 Å². The number of nitrogen functional groups attached to an aromatic ring is 1. The highest BCUT2D eigenvalue weighted by Gasteiger charge is 2.29. The van der Waals surface area contributed by atoms with E-state index >= 15 is 0 Å². The Morgan fingerprint density at radius 2 is 1.72 bits per heavy atom. The zero-order chi connectivity index (χ0) is 20.0. The van der Waals surface area contributed by atoms with Crippen molar-refractivity contribution in [2.24, 2.45) is 0 Å². The third-order valence-electron chi connectivity index (χ3n) is 5.04. The summed E-state index contributed by atoms with van der Waals surface area (Å²) < 4.78 is 0. The van der Waals surface area contributed by atoms with Crippen LogP contribution in [0.2, 0.25) is 5.02 Å². The molecule has 5 rings (SSSR count). The Labute approximate surface area is 172 Å². The topological polar surface area (TPSA) is 88.2 Å². The second-order valence-corrected chi connectivity index (χ2v) is 7.49. The average molecular weight is 404 g/mol. The van der Waals surface area contributed by atoms with Gasteiger partial charge in [-0.05, 0) is 18.2 Å². The fourth-order valence-corrected chi connectivity index (χ4v) is 3.86. The Morgan fingerprint density at radius 3 is 2.48 bits per heavy atom. The lowest BCUT2D eigenvalue weighted by Gasteiger charge is -2.37. The summed E-state index contributed by atoms with van der Waals surface area (Å²) >= 11 is 6.52. The van der Waals surface area contributed by atoms with Crippen molar-refractivity contribution in [1.29, 1.82) is 0 Å². The summed E-state index contributed by atoms with van der Waals surface area (Å²) in [5.74, 6) is 0.917. The van der Waals surface area contributed by atoms with Crippen LogP contribution in [-0.2, 0) is 0 Å². The molecule has 2 aromatic heterocycles. The van der Waals surface area contributed by atoms with Crippen LogP contribution >= 0.6 is 11.6 Å². The molecule has 2 aromatic carbocycles. The van der Waals surface area contributed by atoms with Crippen LogP contribution in [0.1, 0.15) is 0 Å². The molecular formula is C22H18ClN5O. The predicted octanol–water partition coefficient (Wildman–Crippen LogP) is 3.78. The molecule has 4 aromatic rings. The molecule has 144 valence electrons. The van der Waals surface area contributed by atoms with Crippen molar-refractivity contribution in [3.8, 4) is 22.5 Å². The van der Waals surface area contributed by atoms with Gasteiger partial charge in [0.05, 0.1) is 28.0 Å². The van der Waals surface area contributed by atoms with Crippen LogP contribution < -0.4 is 10.6 Å². The van der Waals surface area contributed by atoms with Crippen molar-refractivity contribution >= 4 is 34.1 Å². The van der Waals surface area contributed by atoms with Crippen molar-refractivity contribution < 1.29 is 5.11 Å². The monoisotopic (exact) mass is 403 g/mol. The highest BCUT2D eigenvalue weighted by Crippen LogP contribution is 2.37. The van der Waals surface area contributed by atoms with E-state index in [2.05, 4.69) is 4.98 Å². The van der Waals surface area contributed by atoms with Gasteiger partial charge >= 0.3 is 0 Å². The largest absolute Gasteiger partial charge is 0.389 e. The highest BCUT2D eigenvalue weighted by atomic mass is 35.5. The fraction of sp³-hybridized carbons (Fsp3) is 0.136. The van der Waals surface area contributed by atoms with E-state index in [0.717, 1.165) is 22.0 Å². The van der Waals surface area contributed by atoms with Gasteiger partial charge in [-0.2, -0.15) is 0 Å². The number of fused-ring (bicyclic) bond motifs is 1. The first-order chi connectivity index (χ1) is 14.1. The van der Waals surface area contributed by atoms with Gasteiger partial charge < -0.3 is 15.7 Å². The number of pyridine rings is 1. The second kappa shape index (κ2) is 6.99. The number of benzene rings is 2. The number of hydrogen-bond acceptors (Lipinski definition) is 6. The van der Waals surface area contributed by atoms with Crippen LogP contribution in [0.25, 0.3) is 33.4 Å². The molecule has 1 aliphatic heterocycles. The molecule has 0 bridgehead atoms. The van der Waals surface area contributed by atoms with E-state index in [1.54, 1.807) is 6.20 Å². The van der Waals surface area contributed by atoms with Gasteiger partial charge in [0.1, 0.15) is 0 Å². The van der Waals surface area contributed by atoms with Crippen LogP contribution in [0.4, 0.5) is 11.6 Å². The van der Waals surface area contributed by atoms with Crippen molar-refractivity contribution in [3.05, 3.63) is 65.8 Å². The maximum Gasteiger partial charge on any atom is 0.172 e. The molecular weight excluding hydrogens is 386 g/mol. The normalized spacial score (nSPS) is 14.2. The summed E-state index contributed by atoms with van der Waals surface area (Å²) in [5.41, 5.74) is 10.1. The molecule has 0 saturated carbocycles. The van der Waals surface area contributed by atoms with E-state index in [9.17, 15) is 5.11 Å². The number of nitrogens with two attached hydrogens (primary N) is 1. The molecule has 6 nitrogen and oxygen atoms in total. The number of aliphatic hydroxyl groups is 1. The zero-order valence-corrected chi connectivity index (χ0v) is 16.2. The summed E-state index contributed by atoms with van der Waals surface area (Å²) in [4.78, 5) is 15.9. The molecule has 1 fully saturated rings. The number of β-amino-alcohol motifs (C(OH)–C–C–N with tert-alkyl or cyclic N) is 1. The molecule has 0 radical (unpaired) electrons. The molecule has 0 unspecified atom stereocenters. The summed E-state index contributed by atoms with van der Waals surface area (Å²) in [6.45, 7) is 0.983. The van der Waals surface area contributed by atoms with Gasteiger partial charge in [-0.3, -0.25) is 4.98 Å². The lowest BCUT2D eigenvalue weighted by molar-refractivity contribution is 0.141. The second-order valence-electron chi connectivity index (χ2n) is 7.09. The highest BCUT2D eigenvalue weighted by molar-refractivity contribution is 6.35. The Balaban J connectivity index is 1.74. The molecule has 1 saturated heterocycles. The van der Waals surface area contributed by atoms with Crippen LogP contribution in [0.5, 0.6) is 0 Å². The standard InChI is InChI=1S/C22H18ClN5O/c23-17-10-15(9-14-7-4-8-25-18(14)17)20-19(13-5-2-1-3-6-13)26-21(24)22(27-20)28-11-16(29)12-28/h1-10,16,29H,11-12H2,(H2,24,26). The first-order valence-corrected chi connectivity index (χ1v) is 9.68. The fourth-order valence-electron chi connectivity index (χ4n) is 3.58. The lowest BCUT2D eigenvalue weighted by Crippen LogP contribution is -2.51. The summed E-state index contributed by atoms with van der Waals surface area (Å²) in [6, 6.07) is 17.5. The van der Waals surface area contributed by atoms with Crippen LogP contribution in [-0.4, -0.2) is 39.3 Å².